The first-order valence-electron chi connectivity index (χ1n) is 6.64. The second-order valence-electron chi connectivity index (χ2n) is 4.88. The van der Waals surface area contributed by atoms with Crippen LogP contribution in [0, 0.1) is 5.92 Å². The van der Waals surface area contributed by atoms with Crippen molar-refractivity contribution in [1.82, 2.24) is 20.8 Å². The summed E-state index contributed by atoms with van der Waals surface area (Å²) in [5, 5.41) is 12.7. The number of carbonyl (C=O) groups excluding carboxylic acids is 2. The highest BCUT2D eigenvalue weighted by Crippen LogP contribution is 2.23. The van der Waals surface area contributed by atoms with Crippen molar-refractivity contribution < 1.29 is 9.59 Å². The van der Waals surface area contributed by atoms with Crippen LogP contribution in [0.25, 0.3) is 0 Å². The number of amides is 3. The standard InChI is InChI=1S/C12H18N4O2S2/c1-8-4-2-3-5-9(8)14-11(18)15-10(17)6-19-12-16-13-7-20-12/h7-9H,2-6H2,1H3,(H2,14,15,17,18)/t8-,9-/m0/s1. The topological polar surface area (TPSA) is 84.0 Å². The summed E-state index contributed by atoms with van der Waals surface area (Å²) >= 11 is 2.65. The van der Waals surface area contributed by atoms with E-state index in [4.69, 9.17) is 0 Å². The van der Waals surface area contributed by atoms with Gasteiger partial charge in [-0.15, -0.1) is 10.2 Å². The lowest BCUT2D eigenvalue weighted by Crippen LogP contribution is -2.48. The zero-order chi connectivity index (χ0) is 14.4. The molecule has 1 fully saturated rings. The molecule has 1 heterocycles. The summed E-state index contributed by atoms with van der Waals surface area (Å²) in [7, 11) is 0. The summed E-state index contributed by atoms with van der Waals surface area (Å²) in [6, 6.07) is -0.223. The van der Waals surface area contributed by atoms with E-state index in [2.05, 4.69) is 27.8 Å². The molecular weight excluding hydrogens is 296 g/mol. The molecule has 6 nitrogen and oxygen atoms in total. The van der Waals surface area contributed by atoms with Gasteiger partial charge in [0.2, 0.25) is 5.91 Å². The van der Waals surface area contributed by atoms with E-state index in [-0.39, 0.29) is 17.7 Å². The fourth-order valence-corrected chi connectivity index (χ4v) is 3.54. The van der Waals surface area contributed by atoms with E-state index in [1.54, 1.807) is 5.51 Å². The molecule has 110 valence electrons. The first kappa shape index (κ1) is 15.2. The summed E-state index contributed by atoms with van der Waals surface area (Å²) in [6.45, 7) is 2.14. The van der Waals surface area contributed by atoms with E-state index < -0.39 is 6.03 Å². The average Bonchev–Trinajstić information content (AvgIpc) is 2.92. The van der Waals surface area contributed by atoms with Crippen LogP contribution in [-0.2, 0) is 4.79 Å². The van der Waals surface area contributed by atoms with Crippen molar-refractivity contribution in [2.24, 2.45) is 5.92 Å². The van der Waals surface area contributed by atoms with Gasteiger partial charge in [0, 0.05) is 6.04 Å². The number of thioether (sulfide) groups is 1. The molecule has 1 aromatic heterocycles. The number of aromatic nitrogens is 2. The molecule has 2 N–H and O–H groups in total. The molecule has 1 saturated carbocycles. The van der Waals surface area contributed by atoms with Crippen LogP contribution in [0.15, 0.2) is 9.85 Å². The van der Waals surface area contributed by atoms with Crippen LogP contribution in [0.5, 0.6) is 0 Å². The predicted octanol–water partition coefficient (Wildman–Crippen LogP) is 2.03. The molecular formula is C12H18N4O2S2. The Bertz CT molecular complexity index is 452. The van der Waals surface area contributed by atoms with E-state index >= 15 is 0 Å². The van der Waals surface area contributed by atoms with Gasteiger partial charge in [-0.25, -0.2) is 4.79 Å². The van der Waals surface area contributed by atoms with Crippen LogP contribution < -0.4 is 10.6 Å². The van der Waals surface area contributed by atoms with Gasteiger partial charge in [-0.1, -0.05) is 42.9 Å². The average molecular weight is 314 g/mol. The van der Waals surface area contributed by atoms with Gasteiger partial charge in [0.25, 0.3) is 0 Å². The minimum Gasteiger partial charge on any atom is -0.335 e. The number of rotatable bonds is 4. The second-order valence-corrected chi connectivity index (χ2v) is 6.94. The minimum atomic E-state index is -0.397. The Labute approximate surface area is 126 Å². The maximum Gasteiger partial charge on any atom is 0.321 e. The van der Waals surface area contributed by atoms with Crippen molar-refractivity contribution in [1.29, 1.82) is 0 Å². The van der Waals surface area contributed by atoms with E-state index in [1.165, 1.54) is 29.5 Å². The summed E-state index contributed by atoms with van der Waals surface area (Å²) in [4.78, 5) is 23.4. The van der Waals surface area contributed by atoms with Crippen molar-refractivity contribution in [3.63, 3.8) is 0 Å². The fourth-order valence-electron chi connectivity index (χ4n) is 2.25. The Balaban J connectivity index is 1.69. The van der Waals surface area contributed by atoms with Gasteiger partial charge in [0.05, 0.1) is 5.75 Å². The number of nitrogens with one attached hydrogen (secondary N) is 2. The maximum atomic E-state index is 11.8. The lowest BCUT2D eigenvalue weighted by atomic mass is 9.86. The Morgan fingerprint density at radius 3 is 2.95 bits per heavy atom. The number of nitrogens with zero attached hydrogens (tertiary/aromatic N) is 2. The molecule has 0 saturated heterocycles. The normalized spacial score (nSPS) is 22.2. The van der Waals surface area contributed by atoms with Gasteiger partial charge in [0.1, 0.15) is 5.51 Å². The van der Waals surface area contributed by atoms with Crippen LogP contribution in [0.2, 0.25) is 0 Å². The number of urea groups is 1. The monoisotopic (exact) mass is 314 g/mol. The molecule has 0 bridgehead atoms. The molecule has 0 unspecified atom stereocenters. The molecule has 1 aliphatic rings. The quantitative estimate of drug-likeness (QED) is 0.831. The Hall–Kier alpha value is -1.15. The summed E-state index contributed by atoms with van der Waals surface area (Å²) in [5.74, 6) is 0.328. The molecule has 0 aliphatic heterocycles. The van der Waals surface area contributed by atoms with Crippen LogP contribution in [0.3, 0.4) is 0 Å². The van der Waals surface area contributed by atoms with E-state index in [0.717, 1.165) is 23.6 Å². The third-order valence-electron chi connectivity index (χ3n) is 3.35. The number of hydrogen-bond acceptors (Lipinski definition) is 6. The van der Waals surface area contributed by atoms with Crippen LogP contribution in [0.1, 0.15) is 32.6 Å². The second kappa shape index (κ2) is 7.58. The molecule has 0 aromatic carbocycles. The highest BCUT2D eigenvalue weighted by Gasteiger charge is 2.23. The Kier molecular flexibility index (Phi) is 5.78. The van der Waals surface area contributed by atoms with Crippen molar-refractivity contribution >= 4 is 35.0 Å². The highest BCUT2D eigenvalue weighted by molar-refractivity contribution is 8.01. The molecule has 2 atom stereocenters. The van der Waals surface area contributed by atoms with Gasteiger partial charge in [-0.3, -0.25) is 10.1 Å². The lowest BCUT2D eigenvalue weighted by molar-refractivity contribution is -0.117. The van der Waals surface area contributed by atoms with E-state index in [1.807, 2.05) is 0 Å². The number of hydrogen-bond donors (Lipinski definition) is 2. The molecule has 2 rings (SSSR count). The number of imide groups is 1. The Morgan fingerprint density at radius 2 is 2.25 bits per heavy atom. The van der Waals surface area contributed by atoms with E-state index in [0.29, 0.717) is 5.92 Å². The van der Waals surface area contributed by atoms with Gasteiger partial charge in [0.15, 0.2) is 4.34 Å². The zero-order valence-corrected chi connectivity index (χ0v) is 12.9. The fraction of sp³-hybridized carbons (Fsp3) is 0.667. The lowest BCUT2D eigenvalue weighted by Gasteiger charge is -2.29. The third-order valence-corrected chi connectivity index (χ3v) is 5.21. The summed E-state index contributed by atoms with van der Waals surface area (Å²) < 4.78 is 0.724. The van der Waals surface area contributed by atoms with Crippen LogP contribution in [-0.4, -0.2) is 33.9 Å². The predicted molar refractivity (Wildman–Crippen MR) is 78.7 cm³/mol. The van der Waals surface area contributed by atoms with Gasteiger partial charge in [-0.05, 0) is 18.8 Å². The van der Waals surface area contributed by atoms with Crippen molar-refractivity contribution in [2.75, 3.05) is 5.75 Å². The molecule has 0 spiro atoms. The van der Waals surface area contributed by atoms with Crippen LogP contribution >= 0.6 is 23.1 Å². The zero-order valence-electron chi connectivity index (χ0n) is 11.3. The van der Waals surface area contributed by atoms with E-state index in [9.17, 15) is 9.59 Å². The molecule has 1 aliphatic carbocycles. The molecule has 20 heavy (non-hydrogen) atoms. The first-order chi connectivity index (χ1) is 9.65. The molecule has 1 aromatic rings. The molecule has 3 amide bonds. The number of carbonyl (C=O) groups is 2. The van der Waals surface area contributed by atoms with Crippen molar-refractivity contribution in [3.05, 3.63) is 5.51 Å². The molecule has 8 heteroatoms. The SMILES string of the molecule is C[C@H]1CCCC[C@@H]1NC(=O)NC(=O)CSc1nncs1. The van der Waals surface area contributed by atoms with Gasteiger partial charge < -0.3 is 5.32 Å². The minimum absolute atomic E-state index is 0.169. The van der Waals surface area contributed by atoms with Gasteiger partial charge in [-0.2, -0.15) is 0 Å². The van der Waals surface area contributed by atoms with Crippen LogP contribution in [0.4, 0.5) is 4.79 Å². The first-order valence-corrected chi connectivity index (χ1v) is 8.51. The summed E-state index contributed by atoms with van der Waals surface area (Å²) in [6.07, 6.45) is 4.47. The van der Waals surface area contributed by atoms with Crippen molar-refractivity contribution in [3.8, 4) is 0 Å². The highest BCUT2D eigenvalue weighted by atomic mass is 32.2. The summed E-state index contributed by atoms with van der Waals surface area (Å²) in [5.41, 5.74) is 1.61. The maximum absolute atomic E-state index is 11.8. The largest absolute Gasteiger partial charge is 0.335 e. The van der Waals surface area contributed by atoms with Crippen molar-refractivity contribution in [2.45, 2.75) is 43.0 Å². The smallest absolute Gasteiger partial charge is 0.321 e. The van der Waals surface area contributed by atoms with Gasteiger partial charge >= 0.3 is 6.03 Å². The Morgan fingerprint density at radius 1 is 1.45 bits per heavy atom. The molecule has 0 radical (unpaired) electrons. The third kappa shape index (κ3) is 4.75.